The summed E-state index contributed by atoms with van der Waals surface area (Å²) in [7, 11) is 0. The highest BCUT2D eigenvalue weighted by molar-refractivity contribution is 6.38. The van der Waals surface area contributed by atoms with Crippen LogP contribution in [0.1, 0.15) is 55.7 Å². The van der Waals surface area contributed by atoms with Crippen LogP contribution in [-0.4, -0.2) is 66.7 Å². The van der Waals surface area contributed by atoms with E-state index in [0.717, 1.165) is 18.9 Å². The van der Waals surface area contributed by atoms with Gasteiger partial charge in [-0.05, 0) is 32.8 Å². The second kappa shape index (κ2) is 10.5. The van der Waals surface area contributed by atoms with Crippen molar-refractivity contribution in [2.24, 2.45) is 0 Å². The third-order valence-corrected chi connectivity index (χ3v) is 6.87. The molecule has 2 aromatic rings. The molecule has 1 aromatic heterocycles. The number of benzene rings is 1. The molecule has 2 aliphatic rings. The zero-order valence-electron chi connectivity index (χ0n) is 20.6. The fraction of sp³-hybridized carbons (Fsp3) is 0.520. The van der Waals surface area contributed by atoms with Gasteiger partial charge in [-0.15, -0.1) is 0 Å². The minimum atomic E-state index is -0.876. The Kier molecular flexibility index (Phi) is 7.54. The summed E-state index contributed by atoms with van der Waals surface area (Å²) in [6.07, 6.45) is 1.16. The van der Waals surface area contributed by atoms with Crippen molar-refractivity contribution >= 4 is 46.0 Å². The number of carbonyl (C=O) groups is 3. The first-order valence-electron chi connectivity index (χ1n) is 12.1. The molecule has 9 nitrogen and oxygen atoms in total. The highest BCUT2D eigenvalue weighted by atomic mass is 35.5. The molecule has 0 atom stereocenters. The molecule has 36 heavy (non-hydrogen) atoms. The SMILES string of the molecule is CCOC(=O)Cc1c(C(=O)OCC)c(=O)c2cc(F)c(N3CCN(C(C)=O)CC3)c(Cl)c2n1C1CC1. The quantitative estimate of drug-likeness (QED) is 0.516. The molecule has 4 rings (SSSR count). The van der Waals surface area contributed by atoms with Crippen molar-refractivity contribution in [1.29, 1.82) is 0 Å². The Bertz CT molecular complexity index is 1280. The van der Waals surface area contributed by atoms with Gasteiger partial charge in [0.2, 0.25) is 11.3 Å². The smallest absolute Gasteiger partial charge is 0.343 e. The lowest BCUT2D eigenvalue weighted by atomic mass is 10.0. The maximum atomic E-state index is 15.5. The van der Waals surface area contributed by atoms with Crippen LogP contribution >= 0.6 is 11.6 Å². The molecule has 2 fully saturated rings. The minimum absolute atomic E-state index is 0.0267. The number of amides is 1. The number of ether oxygens (including phenoxy) is 2. The molecule has 1 amide bonds. The van der Waals surface area contributed by atoms with E-state index in [1.54, 1.807) is 28.2 Å². The van der Waals surface area contributed by atoms with Gasteiger partial charge < -0.3 is 23.8 Å². The molecule has 0 unspecified atom stereocenters. The van der Waals surface area contributed by atoms with E-state index in [9.17, 15) is 19.2 Å². The van der Waals surface area contributed by atoms with Crippen LogP contribution in [0.3, 0.4) is 0 Å². The normalized spacial score (nSPS) is 15.8. The van der Waals surface area contributed by atoms with Crippen LogP contribution in [0.4, 0.5) is 10.1 Å². The van der Waals surface area contributed by atoms with Crippen molar-refractivity contribution in [2.45, 2.75) is 46.1 Å². The van der Waals surface area contributed by atoms with Crippen LogP contribution in [0, 0.1) is 5.82 Å². The standard InChI is InChI=1S/C25H29ClFN3O6/c1-4-35-19(32)13-18-20(25(34)36-5-2)24(33)16-12-17(27)23(21(26)22(16)30(18)15-6-7-15)29-10-8-28(9-11-29)14(3)31/h12,15H,4-11,13H2,1-3H3. The summed E-state index contributed by atoms with van der Waals surface area (Å²) >= 11 is 6.84. The van der Waals surface area contributed by atoms with Gasteiger partial charge >= 0.3 is 11.9 Å². The van der Waals surface area contributed by atoms with Gasteiger partial charge in [0.25, 0.3) is 0 Å². The minimum Gasteiger partial charge on any atom is -0.466 e. The molecule has 194 valence electrons. The van der Waals surface area contributed by atoms with Gasteiger partial charge in [-0.2, -0.15) is 0 Å². The maximum Gasteiger partial charge on any atom is 0.343 e. The van der Waals surface area contributed by atoms with Crippen LogP contribution in [0.5, 0.6) is 0 Å². The average molecular weight is 522 g/mol. The van der Waals surface area contributed by atoms with Crippen LogP contribution in [0.2, 0.25) is 5.02 Å². The molecule has 0 radical (unpaired) electrons. The summed E-state index contributed by atoms with van der Waals surface area (Å²) in [6, 6.07) is 0.988. The van der Waals surface area contributed by atoms with Crippen LogP contribution in [-0.2, 0) is 25.5 Å². The third-order valence-electron chi connectivity index (χ3n) is 6.51. The van der Waals surface area contributed by atoms with E-state index in [1.165, 1.54) is 6.92 Å². The first-order chi connectivity index (χ1) is 17.2. The lowest BCUT2D eigenvalue weighted by molar-refractivity contribution is -0.142. The van der Waals surface area contributed by atoms with Gasteiger partial charge in [0.1, 0.15) is 11.4 Å². The average Bonchev–Trinajstić information content (AvgIpc) is 3.66. The van der Waals surface area contributed by atoms with E-state index in [0.29, 0.717) is 26.2 Å². The van der Waals surface area contributed by atoms with Crippen molar-refractivity contribution in [3.63, 3.8) is 0 Å². The fourth-order valence-corrected chi connectivity index (χ4v) is 5.14. The molecule has 1 aliphatic heterocycles. The van der Waals surface area contributed by atoms with Gasteiger partial charge in [0, 0.05) is 44.8 Å². The molecule has 1 aromatic carbocycles. The van der Waals surface area contributed by atoms with Crippen molar-refractivity contribution in [3.8, 4) is 0 Å². The number of hydrogen-bond donors (Lipinski definition) is 0. The summed E-state index contributed by atoms with van der Waals surface area (Å²) in [4.78, 5) is 54.1. The van der Waals surface area contributed by atoms with E-state index in [-0.39, 0.29) is 64.5 Å². The Hall–Kier alpha value is -3.14. The molecule has 1 aliphatic carbocycles. The summed E-state index contributed by atoms with van der Waals surface area (Å²) < 4.78 is 27.5. The predicted octanol–water partition coefficient (Wildman–Crippen LogP) is 3.08. The topological polar surface area (TPSA) is 98.2 Å². The van der Waals surface area contributed by atoms with E-state index >= 15 is 4.39 Å². The second-order valence-corrected chi connectivity index (χ2v) is 9.24. The lowest BCUT2D eigenvalue weighted by Crippen LogP contribution is -2.48. The summed E-state index contributed by atoms with van der Waals surface area (Å²) in [6.45, 7) is 6.48. The molecule has 0 spiro atoms. The van der Waals surface area contributed by atoms with Crippen molar-refractivity contribution in [1.82, 2.24) is 9.47 Å². The molecule has 1 saturated heterocycles. The molecule has 0 N–H and O–H groups in total. The molecular formula is C25H29ClFN3O6. The number of halogens is 2. The number of anilines is 1. The van der Waals surface area contributed by atoms with E-state index in [1.807, 2.05) is 0 Å². The highest BCUT2D eigenvalue weighted by Crippen LogP contribution is 2.43. The first-order valence-corrected chi connectivity index (χ1v) is 12.5. The van der Waals surface area contributed by atoms with Gasteiger partial charge in [-0.3, -0.25) is 14.4 Å². The Morgan fingerprint density at radius 2 is 1.72 bits per heavy atom. The predicted molar refractivity (Wildman–Crippen MR) is 132 cm³/mol. The number of hydrogen-bond acceptors (Lipinski definition) is 7. The monoisotopic (exact) mass is 521 g/mol. The van der Waals surface area contributed by atoms with Gasteiger partial charge in [0.15, 0.2) is 0 Å². The number of rotatable bonds is 7. The van der Waals surface area contributed by atoms with Crippen LogP contribution in [0.15, 0.2) is 10.9 Å². The van der Waals surface area contributed by atoms with E-state index in [2.05, 4.69) is 0 Å². The van der Waals surface area contributed by atoms with Crippen molar-refractivity contribution < 1.29 is 28.2 Å². The third kappa shape index (κ3) is 4.78. The highest BCUT2D eigenvalue weighted by Gasteiger charge is 2.35. The maximum absolute atomic E-state index is 15.5. The van der Waals surface area contributed by atoms with Crippen LogP contribution in [0.25, 0.3) is 10.9 Å². The fourth-order valence-electron chi connectivity index (χ4n) is 4.73. The number of esters is 2. The summed E-state index contributed by atoms with van der Waals surface area (Å²) in [5.41, 5.74) is -0.474. The van der Waals surface area contributed by atoms with Crippen LogP contribution < -0.4 is 10.3 Å². The molecule has 11 heteroatoms. The van der Waals surface area contributed by atoms with Crippen molar-refractivity contribution in [2.75, 3.05) is 44.3 Å². The summed E-state index contributed by atoms with van der Waals surface area (Å²) in [5.74, 6) is -2.23. The van der Waals surface area contributed by atoms with Gasteiger partial charge in [-0.1, -0.05) is 11.6 Å². The molecule has 2 heterocycles. The number of pyridine rings is 1. The van der Waals surface area contributed by atoms with E-state index < -0.39 is 23.2 Å². The number of carbonyl (C=O) groups excluding carboxylic acids is 3. The molecule has 0 bridgehead atoms. The second-order valence-electron chi connectivity index (χ2n) is 8.86. The summed E-state index contributed by atoms with van der Waals surface area (Å²) in [5, 5.41) is -0.0167. The number of nitrogens with zero attached hydrogens (tertiary/aromatic N) is 3. The van der Waals surface area contributed by atoms with E-state index in [4.69, 9.17) is 21.1 Å². The number of fused-ring (bicyclic) bond motifs is 1. The Morgan fingerprint density at radius 3 is 2.28 bits per heavy atom. The van der Waals surface area contributed by atoms with Gasteiger partial charge in [0.05, 0.1) is 41.2 Å². The number of aromatic nitrogens is 1. The molecular weight excluding hydrogens is 493 g/mol. The Balaban J connectivity index is 1.95. The van der Waals surface area contributed by atoms with Crippen molar-refractivity contribution in [3.05, 3.63) is 38.4 Å². The first kappa shape index (κ1) is 25.9. The Morgan fingerprint density at radius 1 is 1.08 bits per heavy atom. The molecule has 1 saturated carbocycles. The largest absolute Gasteiger partial charge is 0.466 e. The lowest BCUT2D eigenvalue weighted by Gasteiger charge is -2.36. The Labute approximate surface area is 212 Å². The zero-order chi connectivity index (χ0) is 26.1. The zero-order valence-corrected chi connectivity index (χ0v) is 21.3. The number of piperazine rings is 1. The van der Waals surface area contributed by atoms with Gasteiger partial charge in [-0.25, -0.2) is 9.18 Å².